The molecule has 0 unspecified atom stereocenters. The molecule has 0 saturated heterocycles. The van der Waals surface area contributed by atoms with Crippen LogP contribution >= 0.6 is 11.6 Å². The summed E-state index contributed by atoms with van der Waals surface area (Å²) in [6.07, 6.45) is 1.20. The summed E-state index contributed by atoms with van der Waals surface area (Å²) >= 11 is 6.10. The molecule has 0 N–H and O–H groups in total. The van der Waals surface area contributed by atoms with Gasteiger partial charge >= 0.3 is 0 Å². The minimum absolute atomic E-state index is 0.277. The van der Waals surface area contributed by atoms with Crippen molar-refractivity contribution >= 4 is 32.9 Å². The van der Waals surface area contributed by atoms with Gasteiger partial charge < -0.3 is 4.90 Å². The van der Waals surface area contributed by atoms with Crippen molar-refractivity contribution in [3.8, 4) is 17.1 Å². The van der Waals surface area contributed by atoms with Crippen molar-refractivity contribution in [3.63, 3.8) is 0 Å². The van der Waals surface area contributed by atoms with Crippen LogP contribution in [0.15, 0.2) is 83.8 Å². The topological polar surface area (TPSA) is 55.2 Å². The van der Waals surface area contributed by atoms with Crippen LogP contribution in [0.25, 0.3) is 17.1 Å². The highest BCUT2D eigenvalue weighted by molar-refractivity contribution is 7.90. The Morgan fingerprint density at radius 1 is 0.903 bits per heavy atom. The molecule has 0 amide bonds. The zero-order valence-corrected chi connectivity index (χ0v) is 19.0. The van der Waals surface area contributed by atoms with E-state index in [1.807, 2.05) is 73.5 Å². The first-order valence-corrected chi connectivity index (χ1v) is 12.0. The smallest absolute Gasteiger partial charge is 0.175 e. The Morgan fingerprint density at radius 2 is 1.52 bits per heavy atom. The third-order valence-corrected chi connectivity index (χ3v) is 6.55. The number of hydrogen-bond acceptors (Lipinski definition) is 4. The number of anilines is 2. The van der Waals surface area contributed by atoms with Gasteiger partial charge in [-0.3, -0.25) is 4.57 Å². The lowest BCUT2D eigenvalue weighted by molar-refractivity contribution is 0.602. The van der Waals surface area contributed by atoms with Crippen LogP contribution in [-0.4, -0.2) is 31.3 Å². The number of rotatable bonds is 5. The van der Waals surface area contributed by atoms with Crippen LogP contribution in [0.1, 0.15) is 5.69 Å². The largest absolute Gasteiger partial charge is 0.328 e. The average Bonchev–Trinajstić information content (AvgIpc) is 3.11. The highest BCUT2D eigenvalue weighted by Crippen LogP contribution is 2.34. The summed E-state index contributed by atoms with van der Waals surface area (Å²) in [7, 11) is -1.29. The Balaban J connectivity index is 1.90. The van der Waals surface area contributed by atoms with Crippen LogP contribution in [-0.2, 0) is 9.84 Å². The zero-order valence-electron chi connectivity index (χ0n) is 17.4. The number of halogens is 1. The van der Waals surface area contributed by atoms with E-state index in [1.54, 1.807) is 24.3 Å². The lowest BCUT2D eigenvalue weighted by Gasteiger charge is -2.18. The van der Waals surface area contributed by atoms with Crippen LogP contribution in [0, 0.1) is 6.92 Å². The lowest BCUT2D eigenvalue weighted by atomic mass is 10.2. The first-order valence-electron chi connectivity index (χ1n) is 9.70. The molecular weight excluding hydrogens is 430 g/mol. The molecule has 4 aromatic rings. The summed E-state index contributed by atoms with van der Waals surface area (Å²) in [5, 5.41) is 0.655. The van der Waals surface area contributed by atoms with Gasteiger partial charge in [-0.25, -0.2) is 13.4 Å². The molecule has 31 heavy (non-hydrogen) atoms. The Hall–Kier alpha value is -3.09. The molecule has 7 heteroatoms. The number of para-hydroxylation sites is 1. The van der Waals surface area contributed by atoms with Crippen molar-refractivity contribution in [3.05, 3.63) is 89.6 Å². The van der Waals surface area contributed by atoms with Crippen molar-refractivity contribution in [2.75, 3.05) is 18.2 Å². The second-order valence-electron chi connectivity index (χ2n) is 7.35. The maximum atomic E-state index is 11.9. The minimum Gasteiger partial charge on any atom is -0.328 e. The Bertz CT molecular complexity index is 1310. The van der Waals surface area contributed by atoms with Crippen molar-refractivity contribution in [1.29, 1.82) is 0 Å². The van der Waals surface area contributed by atoms with Gasteiger partial charge in [0.15, 0.2) is 15.7 Å². The molecule has 0 bridgehead atoms. The monoisotopic (exact) mass is 451 g/mol. The molecule has 158 valence electrons. The van der Waals surface area contributed by atoms with E-state index < -0.39 is 9.84 Å². The maximum Gasteiger partial charge on any atom is 0.175 e. The van der Waals surface area contributed by atoms with Crippen LogP contribution in [0.3, 0.4) is 0 Å². The summed E-state index contributed by atoms with van der Waals surface area (Å²) in [5.74, 6) is 1.53. The number of hydrogen-bond donors (Lipinski definition) is 0. The van der Waals surface area contributed by atoms with E-state index in [9.17, 15) is 8.42 Å². The molecule has 0 aliphatic carbocycles. The van der Waals surface area contributed by atoms with Gasteiger partial charge in [-0.2, -0.15) is 0 Å². The van der Waals surface area contributed by atoms with Gasteiger partial charge in [0.2, 0.25) is 0 Å². The Morgan fingerprint density at radius 3 is 2.10 bits per heavy atom. The second kappa shape index (κ2) is 8.21. The lowest BCUT2D eigenvalue weighted by Crippen LogP contribution is -2.11. The molecule has 0 fully saturated rings. The fraction of sp³-hybridized carbons (Fsp3) is 0.125. The molecule has 0 aliphatic heterocycles. The quantitative estimate of drug-likeness (QED) is 0.392. The van der Waals surface area contributed by atoms with Gasteiger partial charge in [0.05, 0.1) is 10.6 Å². The SMILES string of the molecule is Cc1c(N(C)c2ccccc2)nc(-c2ccc(S(C)(=O)=O)cc2)n1-c1ccc(Cl)cc1. The van der Waals surface area contributed by atoms with E-state index in [1.165, 1.54) is 6.26 Å². The van der Waals surface area contributed by atoms with E-state index in [2.05, 4.69) is 4.57 Å². The zero-order chi connectivity index (χ0) is 22.2. The highest BCUT2D eigenvalue weighted by Gasteiger charge is 2.20. The van der Waals surface area contributed by atoms with E-state index >= 15 is 0 Å². The molecule has 1 heterocycles. The van der Waals surface area contributed by atoms with Gasteiger partial charge in [0.25, 0.3) is 0 Å². The molecule has 5 nitrogen and oxygen atoms in total. The molecule has 1 aromatic heterocycles. The molecule has 0 spiro atoms. The fourth-order valence-corrected chi connectivity index (χ4v) is 4.29. The van der Waals surface area contributed by atoms with E-state index in [-0.39, 0.29) is 4.90 Å². The standard InChI is InChI=1S/C24H22ClN3O2S/c1-17-23(27(2)20-7-5-4-6-8-20)26-24(28(17)21-13-11-19(25)12-14-21)18-9-15-22(16-10-18)31(3,29)30/h4-16H,1-3H3. The number of benzene rings is 3. The van der Waals surface area contributed by atoms with E-state index in [4.69, 9.17) is 16.6 Å². The molecular formula is C24H22ClN3O2S. The molecule has 3 aromatic carbocycles. The summed E-state index contributed by atoms with van der Waals surface area (Å²) in [6.45, 7) is 2.02. The fourth-order valence-electron chi connectivity index (χ4n) is 3.53. The van der Waals surface area contributed by atoms with Gasteiger partial charge in [-0.1, -0.05) is 29.8 Å². The average molecular weight is 452 g/mol. The van der Waals surface area contributed by atoms with Gasteiger partial charge in [0.1, 0.15) is 5.82 Å². The molecule has 0 atom stereocenters. The van der Waals surface area contributed by atoms with Crippen molar-refractivity contribution < 1.29 is 8.42 Å². The van der Waals surface area contributed by atoms with Gasteiger partial charge in [0, 0.05) is 35.3 Å². The summed E-state index contributed by atoms with van der Waals surface area (Å²) in [4.78, 5) is 7.27. The van der Waals surface area contributed by atoms with Gasteiger partial charge in [-0.05, 0) is 67.6 Å². The van der Waals surface area contributed by atoms with E-state index in [0.29, 0.717) is 5.02 Å². The third-order valence-electron chi connectivity index (χ3n) is 5.17. The first-order chi connectivity index (χ1) is 14.8. The van der Waals surface area contributed by atoms with E-state index in [0.717, 1.165) is 34.3 Å². The molecule has 0 aliphatic rings. The second-order valence-corrected chi connectivity index (χ2v) is 9.80. The van der Waals surface area contributed by atoms with Gasteiger partial charge in [-0.15, -0.1) is 0 Å². The summed E-state index contributed by atoms with van der Waals surface area (Å²) in [5.41, 5.74) is 3.71. The van der Waals surface area contributed by atoms with Crippen LogP contribution in [0.4, 0.5) is 11.5 Å². The molecule has 4 rings (SSSR count). The van der Waals surface area contributed by atoms with Crippen molar-refractivity contribution in [2.45, 2.75) is 11.8 Å². The normalized spacial score (nSPS) is 11.5. The minimum atomic E-state index is -3.27. The number of aromatic nitrogens is 2. The van der Waals surface area contributed by atoms with Crippen LogP contribution in [0.5, 0.6) is 0 Å². The van der Waals surface area contributed by atoms with Crippen molar-refractivity contribution in [2.24, 2.45) is 0 Å². The maximum absolute atomic E-state index is 11.9. The van der Waals surface area contributed by atoms with Crippen LogP contribution < -0.4 is 4.90 Å². The molecule has 0 saturated carbocycles. The Kier molecular flexibility index (Phi) is 5.60. The third kappa shape index (κ3) is 4.22. The predicted molar refractivity (Wildman–Crippen MR) is 126 cm³/mol. The first kappa shape index (κ1) is 21.2. The van der Waals surface area contributed by atoms with Crippen molar-refractivity contribution in [1.82, 2.24) is 9.55 Å². The Labute approximate surface area is 187 Å². The highest BCUT2D eigenvalue weighted by atomic mass is 35.5. The number of sulfone groups is 1. The summed E-state index contributed by atoms with van der Waals surface area (Å²) < 4.78 is 25.8. The number of nitrogens with zero attached hydrogens (tertiary/aromatic N) is 3. The van der Waals surface area contributed by atoms with Crippen LogP contribution in [0.2, 0.25) is 5.02 Å². The predicted octanol–water partition coefficient (Wildman–Crippen LogP) is 5.67. The molecule has 0 radical (unpaired) electrons. The summed E-state index contributed by atoms with van der Waals surface area (Å²) in [6, 6.07) is 24.4. The number of imidazole rings is 1.